The van der Waals surface area contributed by atoms with Crippen LogP contribution >= 0.6 is 23.2 Å². The lowest BCUT2D eigenvalue weighted by molar-refractivity contribution is -0.115. The van der Waals surface area contributed by atoms with Crippen molar-refractivity contribution in [3.8, 4) is 0 Å². The van der Waals surface area contributed by atoms with Gasteiger partial charge in [0.15, 0.2) is 5.78 Å². The zero-order chi connectivity index (χ0) is 18.0. The number of Topliss-reactive ketones (excluding diaryl/α,β-unsaturated/α-hetero) is 1. The van der Waals surface area contributed by atoms with Gasteiger partial charge in [-0.25, -0.2) is 8.93 Å². The van der Waals surface area contributed by atoms with Gasteiger partial charge in [0.2, 0.25) is 0 Å². The predicted octanol–water partition coefficient (Wildman–Crippen LogP) is 4.94. The summed E-state index contributed by atoms with van der Waals surface area (Å²) in [5.41, 5.74) is 2.38. The van der Waals surface area contributed by atoms with Gasteiger partial charge >= 0.3 is 0 Å². The number of allylic oxidation sites excluding steroid dienone is 1. The maximum Gasteiger partial charge on any atom is 0.160 e. The predicted molar refractivity (Wildman–Crippen MR) is 102 cm³/mol. The van der Waals surface area contributed by atoms with E-state index in [1.807, 2.05) is 37.3 Å². The van der Waals surface area contributed by atoms with Crippen molar-refractivity contribution in [1.29, 1.82) is 0 Å². The second kappa shape index (κ2) is 7.83. The van der Waals surface area contributed by atoms with Crippen LogP contribution in [0.4, 0.5) is 0 Å². The van der Waals surface area contributed by atoms with Crippen LogP contribution in [0, 0.1) is 6.92 Å². The molecule has 0 amide bonds. The Hall–Kier alpha value is -1.46. The molecule has 0 saturated heterocycles. The molecule has 25 heavy (non-hydrogen) atoms. The molecule has 130 valence electrons. The number of benzene rings is 2. The number of rotatable bonds is 5. The Labute approximate surface area is 159 Å². The summed E-state index contributed by atoms with van der Waals surface area (Å²) < 4.78 is 15.8. The van der Waals surface area contributed by atoms with Gasteiger partial charge in [0.25, 0.3) is 0 Å². The summed E-state index contributed by atoms with van der Waals surface area (Å²) >= 11 is 12.3. The Bertz CT molecular complexity index is 862. The van der Waals surface area contributed by atoms with Crippen LogP contribution in [0.1, 0.15) is 30.0 Å². The minimum atomic E-state index is -1.48. The highest BCUT2D eigenvalue weighted by molar-refractivity contribution is 7.83. The van der Waals surface area contributed by atoms with Crippen LogP contribution in [0.3, 0.4) is 0 Å². The van der Waals surface area contributed by atoms with Gasteiger partial charge in [-0.3, -0.25) is 4.79 Å². The first-order valence-electron chi connectivity index (χ1n) is 7.88. The van der Waals surface area contributed by atoms with E-state index in [4.69, 9.17) is 23.2 Å². The fourth-order valence-electron chi connectivity index (χ4n) is 2.76. The van der Waals surface area contributed by atoms with Crippen LogP contribution in [0.5, 0.6) is 0 Å². The third-order valence-electron chi connectivity index (χ3n) is 4.10. The van der Waals surface area contributed by atoms with E-state index in [0.717, 1.165) is 5.56 Å². The first kappa shape index (κ1) is 18.3. The Balaban J connectivity index is 1.95. The molecule has 3 nitrogen and oxygen atoms in total. The summed E-state index contributed by atoms with van der Waals surface area (Å²) in [5.74, 6) is 0.0458. The lowest BCUT2D eigenvalue weighted by atomic mass is 9.98. The monoisotopic (exact) mass is 393 g/mol. The van der Waals surface area contributed by atoms with Gasteiger partial charge in [-0.2, -0.15) is 0 Å². The first-order chi connectivity index (χ1) is 12.0. The highest BCUT2D eigenvalue weighted by atomic mass is 35.5. The molecule has 1 aliphatic carbocycles. The van der Waals surface area contributed by atoms with E-state index in [2.05, 4.69) is 4.72 Å². The van der Waals surface area contributed by atoms with Crippen molar-refractivity contribution in [3.05, 3.63) is 75.3 Å². The van der Waals surface area contributed by atoms with Crippen molar-refractivity contribution in [2.45, 2.75) is 30.7 Å². The minimum Gasteiger partial charge on any atom is -0.294 e. The second-order valence-electron chi connectivity index (χ2n) is 5.92. The molecule has 0 heterocycles. The normalized spacial score (nSPS) is 16.6. The average Bonchev–Trinajstić information content (AvgIpc) is 2.99. The highest BCUT2D eigenvalue weighted by Gasteiger charge is 2.28. The summed E-state index contributed by atoms with van der Waals surface area (Å²) in [5, 5.41) is 0.949. The summed E-state index contributed by atoms with van der Waals surface area (Å²) in [4.78, 5) is 12.9. The molecule has 0 aromatic heterocycles. The minimum absolute atomic E-state index is 0.0458. The van der Waals surface area contributed by atoms with E-state index < -0.39 is 17.0 Å². The van der Waals surface area contributed by atoms with Crippen LogP contribution in [-0.4, -0.2) is 9.99 Å². The van der Waals surface area contributed by atoms with Crippen molar-refractivity contribution in [1.82, 2.24) is 4.72 Å². The molecule has 0 fully saturated rings. The number of hydrogen-bond donors (Lipinski definition) is 1. The van der Waals surface area contributed by atoms with Crippen LogP contribution in [0.25, 0.3) is 0 Å². The topological polar surface area (TPSA) is 46.2 Å². The smallest absolute Gasteiger partial charge is 0.160 e. The van der Waals surface area contributed by atoms with Crippen LogP contribution in [0.2, 0.25) is 10.0 Å². The van der Waals surface area contributed by atoms with Gasteiger partial charge in [0.05, 0.1) is 10.9 Å². The number of hydrogen-bond acceptors (Lipinski definition) is 2. The number of nitrogens with one attached hydrogen (secondary N) is 1. The lowest BCUT2D eigenvalue weighted by Gasteiger charge is -2.21. The third-order valence-corrected chi connectivity index (χ3v) is 5.81. The molecule has 2 aromatic rings. The first-order valence-corrected chi connectivity index (χ1v) is 9.79. The molecule has 6 heteroatoms. The van der Waals surface area contributed by atoms with E-state index in [1.54, 1.807) is 18.2 Å². The summed E-state index contributed by atoms with van der Waals surface area (Å²) in [6.45, 7) is 1.97. The van der Waals surface area contributed by atoms with Gasteiger partial charge in [0.1, 0.15) is 11.0 Å². The Kier molecular flexibility index (Phi) is 5.74. The molecule has 0 saturated carbocycles. The van der Waals surface area contributed by atoms with Crippen LogP contribution < -0.4 is 4.72 Å². The Morgan fingerprint density at radius 3 is 2.44 bits per heavy atom. The van der Waals surface area contributed by atoms with E-state index in [9.17, 15) is 9.00 Å². The highest BCUT2D eigenvalue weighted by Crippen LogP contribution is 2.34. The van der Waals surface area contributed by atoms with Crippen molar-refractivity contribution in [3.63, 3.8) is 0 Å². The fraction of sp³-hybridized carbons (Fsp3) is 0.211. The molecular formula is C19H17Cl2NO2S. The van der Waals surface area contributed by atoms with Crippen molar-refractivity contribution < 1.29 is 9.00 Å². The molecule has 0 aliphatic heterocycles. The molecule has 0 bridgehead atoms. The number of carbonyl (C=O) groups is 1. The summed E-state index contributed by atoms with van der Waals surface area (Å²) in [6, 6.07) is 12.0. The van der Waals surface area contributed by atoms with Crippen molar-refractivity contribution in [2.24, 2.45) is 0 Å². The van der Waals surface area contributed by atoms with Crippen LogP contribution in [0.15, 0.2) is 59.0 Å². The average molecular weight is 394 g/mol. The second-order valence-corrected chi connectivity index (χ2v) is 8.01. The van der Waals surface area contributed by atoms with E-state index in [-0.39, 0.29) is 5.78 Å². The van der Waals surface area contributed by atoms with Gasteiger partial charge < -0.3 is 0 Å². The molecule has 1 N–H and O–H groups in total. The Morgan fingerprint density at radius 2 is 1.84 bits per heavy atom. The molecular weight excluding hydrogens is 377 g/mol. The maximum atomic E-state index is 12.8. The van der Waals surface area contributed by atoms with Crippen LogP contribution in [-0.2, 0) is 15.8 Å². The summed E-state index contributed by atoms with van der Waals surface area (Å²) in [7, 11) is -1.48. The van der Waals surface area contributed by atoms with E-state index in [0.29, 0.717) is 38.9 Å². The molecule has 0 radical (unpaired) electrons. The lowest BCUT2D eigenvalue weighted by Crippen LogP contribution is -2.27. The standard InChI is InChI=1S/C19H17Cl2NO2S/c1-12-5-8-14(9-6-12)25(24)22-19(16-3-2-4-18(16)23)15-10-7-13(20)11-17(15)21/h3,5-11,19,22H,2,4H2,1H3/t19-,25?/m0/s1. The van der Waals surface area contributed by atoms with E-state index >= 15 is 0 Å². The third kappa shape index (κ3) is 4.21. The zero-order valence-corrected chi connectivity index (χ0v) is 15.9. The van der Waals surface area contributed by atoms with Crippen molar-refractivity contribution >= 4 is 40.0 Å². The largest absolute Gasteiger partial charge is 0.294 e. The summed E-state index contributed by atoms with van der Waals surface area (Å²) in [6.07, 6.45) is 3.04. The molecule has 0 spiro atoms. The molecule has 2 atom stereocenters. The number of aryl methyl sites for hydroxylation is 1. The molecule has 1 aliphatic rings. The SMILES string of the molecule is Cc1ccc(S(=O)N[C@H](C2=CCCC2=O)c2ccc(Cl)cc2Cl)cc1. The zero-order valence-electron chi connectivity index (χ0n) is 13.6. The number of halogens is 2. The number of ketones is 1. The maximum absolute atomic E-state index is 12.8. The van der Waals surface area contributed by atoms with Gasteiger partial charge in [-0.15, -0.1) is 0 Å². The molecule has 1 unspecified atom stereocenters. The van der Waals surface area contributed by atoms with Gasteiger partial charge in [-0.05, 0) is 43.2 Å². The van der Waals surface area contributed by atoms with Gasteiger partial charge in [-0.1, -0.05) is 53.0 Å². The quantitative estimate of drug-likeness (QED) is 0.781. The molecule has 2 aromatic carbocycles. The fourth-order valence-corrected chi connectivity index (χ4v) is 4.27. The van der Waals surface area contributed by atoms with Crippen molar-refractivity contribution in [2.75, 3.05) is 0 Å². The van der Waals surface area contributed by atoms with Gasteiger partial charge in [0, 0.05) is 22.0 Å². The molecule has 3 rings (SSSR count). The number of carbonyl (C=O) groups excluding carboxylic acids is 1. The Morgan fingerprint density at radius 1 is 1.12 bits per heavy atom. The van der Waals surface area contributed by atoms with E-state index in [1.165, 1.54) is 0 Å².